The van der Waals surface area contributed by atoms with Gasteiger partial charge in [-0.3, -0.25) is 4.79 Å². The second-order valence-corrected chi connectivity index (χ2v) is 5.59. The van der Waals surface area contributed by atoms with Crippen molar-refractivity contribution >= 4 is 11.6 Å². The number of amides is 1. The fourth-order valence-electron chi connectivity index (χ4n) is 2.61. The molecule has 1 aromatic carbocycles. The van der Waals surface area contributed by atoms with Crippen molar-refractivity contribution in [3.05, 3.63) is 29.6 Å². The predicted molar refractivity (Wildman–Crippen MR) is 79.4 cm³/mol. The van der Waals surface area contributed by atoms with Crippen LogP contribution in [0.5, 0.6) is 0 Å². The van der Waals surface area contributed by atoms with E-state index in [0.29, 0.717) is 25.3 Å². The van der Waals surface area contributed by atoms with Crippen LogP contribution in [0.2, 0.25) is 0 Å². The van der Waals surface area contributed by atoms with Crippen molar-refractivity contribution in [2.45, 2.75) is 33.1 Å². The number of aryl methyl sites for hydroxylation is 1. The zero-order valence-corrected chi connectivity index (χ0v) is 12.3. The minimum Gasteiger partial charge on any atom is -0.316 e. The van der Waals surface area contributed by atoms with Crippen LogP contribution in [0, 0.1) is 11.7 Å². The first-order valence-corrected chi connectivity index (χ1v) is 7.41. The zero-order valence-electron chi connectivity index (χ0n) is 12.3. The van der Waals surface area contributed by atoms with Crippen molar-refractivity contribution in [3.63, 3.8) is 0 Å². The van der Waals surface area contributed by atoms with Crippen molar-refractivity contribution in [2.24, 2.45) is 5.92 Å². The Morgan fingerprint density at radius 2 is 2.20 bits per heavy atom. The van der Waals surface area contributed by atoms with Gasteiger partial charge in [-0.1, -0.05) is 19.9 Å². The summed E-state index contributed by atoms with van der Waals surface area (Å²) in [6.07, 6.45) is 2.34. The fourth-order valence-corrected chi connectivity index (χ4v) is 2.61. The normalized spacial score (nSPS) is 16.1. The van der Waals surface area contributed by atoms with Gasteiger partial charge >= 0.3 is 0 Å². The quantitative estimate of drug-likeness (QED) is 0.812. The van der Waals surface area contributed by atoms with Crippen molar-refractivity contribution in [1.82, 2.24) is 5.32 Å². The van der Waals surface area contributed by atoms with Crippen LogP contribution in [0.3, 0.4) is 0 Å². The first-order chi connectivity index (χ1) is 9.61. The minimum absolute atomic E-state index is 0.102. The lowest BCUT2D eigenvalue weighted by Crippen LogP contribution is -2.40. The number of anilines is 1. The molecule has 1 aromatic rings. The number of halogens is 1. The number of rotatable bonds is 6. The molecule has 1 aliphatic rings. The van der Waals surface area contributed by atoms with Gasteiger partial charge in [0.25, 0.3) is 0 Å². The van der Waals surface area contributed by atoms with Gasteiger partial charge in [-0.2, -0.15) is 0 Å². The van der Waals surface area contributed by atoms with Gasteiger partial charge in [-0.05, 0) is 49.5 Å². The molecular weight excluding hydrogens is 255 g/mol. The number of hydrogen-bond acceptors (Lipinski definition) is 2. The van der Waals surface area contributed by atoms with E-state index in [1.807, 2.05) is 0 Å². The molecule has 1 atom stereocenters. The Bertz CT molecular complexity index is 476. The van der Waals surface area contributed by atoms with Crippen LogP contribution < -0.4 is 10.2 Å². The highest BCUT2D eigenvalue weighted by atomic mass is 19.1. The maximum atomic E-state index is 13.4. The van der Waals surface area contributed by atoms with Crippen molar-refractivity contribution in [1.29, 1.82) is 0 Å². The molecule has 20 heavy (non-hydrogen) atoms. The van der Waals surface area contributed by atoms with E-state index in [2.05, 4.69) is 19.2 Å². The van der Waals surface area contributed by atoms with E-state index in [-0.39, 0.29) is 11.7 Å². The van der Waals surface area contributed by atoms with Gasteiger partial charge in [-0.15, -0.1) is 0 Å². The van der Waals surface area contributed by atoms with Crippen LogP contribution in [-0.4, -0.2) is 25.5 Å². The summed E-state index contributed by atoms with van der Waals surface area (Å²) in [5, 5.41) is 3.36. The monoisotopic (exact) mass is 278 g/mol. The molecule has 1 aliphatic heterocycles. The van der Waals surface area contributed by atoms with E-state index in [1.54, 1.807) is 11.0 Å². The Kier molecular flexibility index (Phi) is 5.12. The second-order valence-electron chi connectivity index (χ2n) is 5.59. The lowest BCUT2D eigenvalue weighted by Gasteiger charge is -2.31. The number of carbonyl (C=O) groups excluding carboxylic acids is 1. The Labute approximate surface area is 120 Å². The summed E-state index contributed by atoms with van der Waals surface area (Å²) in [5.74, 6) is 0.172. The third-order valence-corrected chi connectivity index (χ3v) is 3.66. The van der Waals surface area contributed by atoms with Gasteiger partial charge in [-0.25, -0.2) is 4.39 Å². The van der Waals surface area contributed by atoms with E-state index in [9.17, 15) is 9.18 Å². The molecule has 0 bridgehead atoms. The highest BCUT2D eigenvalue weighted by molar-refractivity contribution is 5.96. The van der Waals surface area contributed by atoms with Crippen LogP contribution in [0.15, 0.2) is 18.2 Å². The molecule has 3 nitrogen and oxygen atoms in total. The molecular formula is C16H23FN2O. The number of carbonyl (C=O) groups is 1. The first-order valence-electron chi connectivity index (χ1n) is 7.41. The maximum Gasteiger partial charge on any atom is 0.227 e. The largest absolute Gasteiger partial charge is 0.316 e. The van der Waals surface area contributed by atoms with Crippen LogP contribution in [0.1, 0.15) is 32.3 Å². The number of fused-ring (bicyclic) bond motifs is 1. The first kappa shape index (κ1) is 15.0. The summed E-state index contributed by atoms with van der Waals surface area (Å²) in [5.41, 5.74) is 1.82. The molecule has 0 fully saturated rings. The topological polar surface area (TPSA) is 32.3 Å². The molecule has 0 saturated carbocycles. The average Bonchev–Trinajstić information content (AvgIpc) is 2.42. The molecule has 110 valence electrons. The van der Waals surface area contributed by atoms with Gasteiger partial charge < -0.3 is 10.2 Å². The third kappa shape index (κ3) is 3.57. The molecule has 0 saturated heterocycles. The van der Waals surface area contributed by atoms with Gasteiger partial charge in [0.15, 0.2) is 0 Å². The zero-order chi connectivity index (χ0) is 14.5. The molecule has 0 aliphatic carbocycles. The van der Waals surface area contributed by atoms with Crippen LogP contribution in [0.25, 0.3) is 0 Å². The highest BCUT2D eigenvalue weighted by Crippen LogP contribution is 2.29. The number of nitrogens with one attached hydrogen (secondary N) is 1. The smallest absolute Gasteiger partial charge is 0.227 e. The van der Waals surface area contributed by atoms with Gasteiger partial charge in [0, 0.05) is 18.7 Å². The van der Waals surface area contributed by atoms with Crippen molar-refractivity contribution < 1.29 is 9.18 Å². The SMILES string of the molecule is CCCNCC(C)CN1C(=O)CCc2ccc(F)cc21. The van der Waals surface area contributed by atoms with E-state index < -0.39 is 0 Å². The summed E-state index contributed by atoms with van der Waals surface area (Å²) >= 11 is 0. The number of nitrogens with zero attached hydrogens (tertiary/aromatic N) is 1. The maximum absolute atomic E-state index is 13.4. The highest BCUT2D eigenvalue weighted by Gasteiger charge is 2.25. The van der Waals surface area contributed by atoms with Crippen molar-refractivity contribution in [2.75, 3.05) is 24.5 Å². The Morgan fingerprint density at radius 3 is 2.95 bits per heavy atom. The molecule has 0 radical (unpaired) electrons. The third-order valence-electron chi connectivity index (χ3n) is 3.66. The van der Waals surface area contributed by atoms with Crippen molar-refractivity contribution in [3.8, 4) is 0 Å². The Morgan fingerprint density at radius 1 is 1.40 bits per heavy atom. The van der Waals surface area contributed by atoms with Crippen LogP contribution in [0.4, 0.5) is 10.1 Å². The predicted octanol–water partition coefficient (Wildman–Crippen LogP) is 2.74. The van der Waals surface area contributed by atoms with E-state index in [0.717, 1.165) is 30.8 Å². The van der Waals surface area contributed by atoms with Gasteiger partial charge in [0.1, 0.15) is 5.82 Å². The molecule has 1 amide bonds. The lowest BCUT2D eigenvalue weighted by atomic mass is 9.99. The summed E-state index contributed by atoms with van der Waals surface area (Å²) in [6.45, 7) is 6.76. The summed E-state index contributed by atoms with van der Waals surface area (Å²) < 4.78 is 13.4. The van der Waals surface area contributed by atoms with Crippen LogP contribution in [-0.2, 0) is 11.2 Å². The van der Waals surface area contributed by atoms with Crippen LogP contribution >= 0.6 is 0 Å². The standard InChI is InChI=1S/C16H23FN2O/c1-3-8-18-10-12(2)11-19-15-9-14(17)6-4-13(15)5-7-16(19)20/h4,6,9,12,18H,3,5,7-8,10-11H2,1-2H3. The summed E-state index contributed by atoms with van der Waals surface area (Å²) in [6, 6.07) is 4.75. The lowest BCUT2D eigenvalue weighted by molar-refractivity contribution is -0.119. The Balaban J connectivity index is 2.07. The number of benzene rings is 1. The van der Waals surface area contributed by atoms with E-state index >= 15 is 0 Å². The minimum atomic E-state index is -0.278. The molecule has 1 unspecified atom stereocenters. The van der Waals surface area contributed by atoms with Gasteiger partial charge in [0.2, 0.25) is 5.91 Å². The Hall–Kier alpha value is -1.42. The summed E-state index contributed by atoms with van der Waals surface area (Å²) in [4.78, 5) is 13.9. The van der Waals surface area contributed by atoms with E-state index in [4.69, 9.17) is 0 Å². The van der Waals surface area contributed by atoms with E-state index in [1.165, 1.54) is 12.1 Å². The molecule has 0 spiro atoms. The number of hydrogen-bond donors (Lipinski definition) is 1. The summed E-state index contributed by atoms with van der Waals surface area (Å²) in [7, 11) is 0. The average molecular weight is 278 g/mol. The molecule has 2 rings (SSSR count). The second kappa shape index (κ2) is 6.84. The van der Waals surface area contributed by atoms with Gasteiger partial charge in [0.05, 0.1) is 0 Å². The molecule has 0 aromatic heterocycles. The fraction of sp³-hybridized carbons (Fsp3) is 0.562. The molecule has 4 heteroatoms. The molecule has 1 N–H and O–H groups in total. The molecule has 1 heterocycles.